The Morgan fingerprint density at radius 3 is 2.37 bits per heavy atom. The number of fused-ring (bicyclic) bond motifs is 1. The summed E-state index contributed by atoms with van der Waals surface area (Å²) in [5.41, 5.74) is 0.819. The number of carbonyl (C=O) groups excluding carboxylic acids is 1. The number of aliphatic hydroxyl groups is 1. The van der Waals surface area contributed by atoms with Gasteiger partial charge in [0.1, 0.15) is 11.3 Å². The molecule has 0 aliphatic heterocycles. The van der Waals surface area contributed by atoms with Crippen molar-refractivity contribution in [1.29, 1.82) is 0 Å². The number of carboxylic acid groups (broad SMARTS) is 1. The van der Waals surface area contributed by atoms with Gasteiger partial charge in [0.25, 0.3) is 5.56 Å². The van der Waals surface area contributed by atoms with Crippen LogP contribution in [-0.2, 0) is 11.3 Å². The first-order valence-corrected chi connectivity index (χ1v) is 10.8. The molecular weight excluding hydrogens is 452 g/mol. The van der Waals surface area contributed by atoms with Crippen molar-refractivity contribution in [1.82, 2.24) is 15.0 Å². The van der Waals surface area contributed by atoms with E-state index in [1.165, 1.54) is 24.3 Å². The first-order chi connectivity index (χ1) is 16.9. The van der Waals surface area contributed by atoms with Gasteiger partial charge < -0.3 is 14.9 Å². The largest absolute Gasteiger partial charge is 0.481 e. The minimum atomic E-state index is -1.35. The number of nitrogens with one attached hydrogen (secondary N) is 1. The Morgan fingerprint density at radius 2 is 1.66 bits per heavy atom. The molecule has 0 spiro atoms. The first-order valence-electron chi connectivity index (χ1n) is 10.8. The molecule has 0 saturated carbocycles. The Morgan fingerprint density at radius 1 is 0.971 bits per heavy atom. The second-order valence-corrected chi connectivity index (χ2v) is 7.76. The summed E-state index contributed by atoms with van der Waals surface area (Å²) < 4.78 is 6.25. The third-order valence-corrected chi connectivity index (χ3v) is 5.43. The maximum absolute atomic E-state index is 12.6. The van der Waals surface area contributed by atoms with Gasteiger partial charge in [0, 0.05) is 12.2 Å². The quantitative estimate of drug-likeness (QED) is 0.353. The number of para-hydroxylation sites is 1. The van der Waals surface area contributed by atoms with Gasteiger partial charge in [-0.2, -0.15) is 0 Å². The third kappa shape index (κ3) is 5.68. The van der Waals surface area contributed by atoms with Gasteiger partial charge in [-0.25, -0.2) is 9.48 Å². The third-order valence-electron chi connectivity index (χ3n) is 5.43. The lowest BCUT2D eigenvalue weighted by molar-refractivity contribution is -0.146. The van der Waals surface area contributed by atoms with Crippen molar-refractivity contribution in [3.63, 3.8) is 0 Å². The van der Waals surface area contributed by atoms with Crippen LogP contribution in [0.2, 0.25) is 0 Å². The van der Waals surface area contributed by atoms with Crippen LogP contribution < -0.4 is 15.6 Å². The zero-order chi connectivity index (χ0) is 24.8. The molecule has 1 aromatic heterocycles. The van der Waals surface area contributed by atoms with E-state index in [-0.39, 0.29) is 18.5 Å². The normalized spacial score (nSPS) is 12.6. The number of aryl methyl sites for hydroxylation is 1. The number of amides is 1. The molecule has 10 nitrogen and oxygen atoms in total. The molecule has 4 aromatic rings. The highest BCUT2D eigenvalue weighted by molar-refractivity contribution is 5.86. The predicted octanol–water partition coefficient (Wildman–Crippen LogP) is 3.23. The van der Waals surface area contributed by atoms with Gasteiger partial charge in [0.15, 0.2) is 0 Å². The van der Waals surface area contributed by atoms with Gasteiger partial charge in [0.2, 0.25) is 0 Å². The molecule has 3 N–H and O–H groups in total. The van der Waals surface area contributed by atoms with Crippen LogP contribution in [0.25, 0.3) is 10.9 Å². The Labute approximate surface area is 199 Å². The maximum Gasteiger partial charge on any atom is 0.417 e. The van der Waals surface area contributed by atoms with Crippen LogP contribution in [0.1, 0.15) is 18.1 Å². The highest BCUT2D eigenvalue weighted by atomic mass is 16.6. The zero-order valence-electron chi connectivity index (χ0n) is 18.4. The highest BCUT2D eigenvalue weighted by Crippen LogP contribution is 2.27. The minimum absolute atomic E-state index is 0.0321. The Bertz CT molecular complexity index is 1390. The Balaban J connectivity index is 1.41. The molecule has 0 radical (unpaired) electrons. The summed E-state index contributed by atoms with van der Waals surface area (Å²) >= 11 is 0. The monoisotopic (exact) mass is 474 g/mol. The molecule has 0 saturated heterocycles. The summed E-state index contributed by atoms with van der Waals surface area (Å²) in [6, 6.07) is 21.4. The summed E-state index contributed by atoms with van der Waals surface area (Å²) in [6.07, 6.45) is -2.08. The van der Waals surface area contributed by atoms with E-state index in [4.69, 9.17) is 4.74 Å². The van der Waals surface area contributed by atoms with Crippen molar-refractivity contribution in [3.8, 4) is 5.75 Å². The van der Waals surface area contributed by atoms with Crippen LogP contribution in [0.4, 0.5) is 10.5 Å². The van der Waals surface area contributed by atoms with Crippen LogP contribution in [0.3, 0.4) is 0 Å². The molecule has 1 amide bonds. The summed E-state index contributed by atoms with van der Waals surface area (Å²) in [4.78, 5) is 36.5. The van der Waals surface area contributed by atoms with Crippen molar-refractivity contribution in [2.24, 2.45) is 5.92 Å². The van der Waals surface area contributed by atoms with E-state index in [1.54, 1.807) is 54.6 Å². The predicted molar refractivity (Wildman–Crippen MR) is 127 cm³/mol. The van der Waals surface area contributed by atoms with Crippen molar-refractivity contribution in [2.45, 2.75) is 19.1 Å². The molecule has 4 rings (SSSR count). The molecule has 35 heavy (non-hydrogen) atoms. The molecule has 178 valence electrons. The van der Waals surface area contributed by atoms with E-state index in [1.807, 2.05) is 0 Å². The fourth-order valence-electron chi connectivity index (χ4n) is 3.58. The molecule has 0 fully saturated rings. The minimum Gasteiger partial charge on any atom is -0.481 e. The number of anilines is 1. The average Bonchev–Trinajstić information content (AvgIpc) is 2.86. The number of hydrogen-bond donors (Lipinski definition) is 3. The fourth-order valence-corrected chi connectivity index (χ4v) is 3.58. The number of ether oxygens (including phenoxy) is 1. The van der Waals surface area contributed by atoms with E-state index in [2.05, 4.69) is 15.6 Å². The van der Waals surface area contributed by atoms with E-state index in [0.29, 0.717) is 27.9 Å². The molecule has 0 aliphatic carbocycles. The van der Waals surface area contributed by atoms with Crippen molar-refractivity contribution in [3.05, 3.63) is 94.8 Å². The van der Waals surface area contributed by atoms with Crippen molar-refractivity contribution in [2.75, 3.05) is 5.32 Å². The van der Waals surface area contributed by atoms with Gasteiger partial charge in [-0.3, -0.25) is 14.9 Å². The lowest BCUT2D eigenvalue weighted by atomic mass is 9.92. The molecule has 0 bridgehead atoms. The van der Waals surface area contributed by atoms with Crippen LogP contribution in [0.15, 0.2) is 83.7 Å². The van der Waals surface area contributed by atoms with Crippen LogP contribution >= 0.6 is 0 Å². The topological polar surface area (TPSA) is 144 Å². The lowest BCUT2D eigenvalue weighted by Crippen LogP contribution is -2.29. The number of hydrogen-bond acceptors (Lipinski definition) is 7. The molecule has 0 aliphatic rings. The number of carbonyl (C=O) groups is 2. The maximum atomic E-state index is 12.6. The number of carboxylic acids is 1. The zero-order valence-corrected chi connectivity index (χ0v) is 18.4. The molecule has 0 unspecified atom stereocenters. The lowest BCUT2D eigenvalue weighted by Gasteiger charge is -2.20. The first kappa shape index (κ1) is 23.6. The number of benzene rings is 3. The summed E-state index contributed by atoms with van der Waals surface area (Å²) in [5.74, 6) is -2.03. The van der Waals surface area contributed by atoms with Gasteiger partial charge in [0.05, 0.1) is 17.4 Å². The number of rotatable bonds is 8. The number of aliphatic carboxylic acids is 1. The Hall–Kier alpha value is -4.57. The number of aromatic nitrogens is 3. The van der Waals surface area contributed by atoms with E-state index < -0.39 is 24.1 Å². The second-order valence-electron chi connectivity index (χ2n) is 7.76. The van der Waals surface area contributed by atoms with Crippen LogP contribution in [0.5, 0.6) is 5.75 Å². The van der Waals surface area contributed by atoms with Gasteiger partial charge >= 0.3 is 12.1 Å². The average molecular weight is 474 g/mol. The van der Waals surface area contributed by atoms with Crippen molar-refractivity contribution >= 4 is 28.7 Å². The van der Waals surface area contributed by atoms with Gasteiger partial charge in [-0.15, -0.1) is 5.10 Å². The summed E-state index contributed by atoms with van der Waals surface area (Å²) in [6.45, 7) is -0.0321. The van der Waals surface area contributed by atoms with E-state index in [0.717, 1.165) is 4.68 Å². The summed E-state index contributed by atoms with van der Waals surface area (Å²) in [7, 11) is 0. The SMILES string of the molecule is O=C(Nc1ccc([C@@H](O)[C@H](CCn2nnc3ccccc3c2=O)C(=O)O)cc1)Oc1ccccc1. The fraction of sp³-hybridized carbons (Fsp3) is 0.160. The van der Waals surface area contributed by atoms with E-state index in [9.17, 15) is 24.6 Å². The smallest absolute Gasteiger partial charge is 0.417 e. The second kappa shape index (κ2) is 10.6. The Kier molecular flexibility index (Phi) is 7.12. The molecule has 3 aromatic carbocycles. The molecule has 10 heteroatoms. The highest BCUT2D eigenvalue weighted by Gasteiger charge is 2.28. The van der Waals surface area contributed by atoms with Crippen molar-refractivity contribution < 1.29 is 24.5 Å². The van der Waals surface area contributed by atoms with Crippen LogP contribution in [-0.4, -0.2) is 37.3 Å². The van der Waals surface area contributed by atoms with Crippen LogP contribution in [0, 0.1) is 5.92 Å². The molecule has 2 atom stereocenters. The number of aliphatic hydroxyl groups excluding tert-OH is 1. The molecular formula is C25H22N4O6. The molecule has 1 heterocycles. The van der Waals surface area contributed by atoms with E-state index >= 15 is 0 Å². The standard InChI is InChI=1S/C25H22N4O6/c30-22(16-10-12-17(13-11-16)26-25(34)35-18-6-2-1-3-7-18)20(24(32)33)14-15-29-23(31)19-8-4-5-9-21(19)27-28-29/h1-13,20,22,30H,14-15H2,(H,26,34)(H,32,33)/t20-,22+/m0/s1. The number of nitrogens with zero attached hydrogens (tertiary/aromatic N) is 3. The van der Waals surface area contributed by atoms with Gasteiger partial charge in [-0.1, -0.05) is 47.7 Å². The summed E-state index contributed by atoms with van der Waals surface area (Å²) in [5, 5.41) is 31.2. The van der Waals surface area contributed by atoms with Gasteiger partial charge in [-0.05, 0) is 48.4 Å².